The van der Waals surface area contributed by atoms with E-state index < -0.39 is 65.7 Å². The minimum atomic E-state index is -4.86. The molecule has 2 atom stereocenters. The van der Waals surface area contributed by atoms with Gasteiger partial charge in [-0.25, -0.2) is 9.36 Å². The molecule has 0 fully saturated rings. The molecule has 4 heterocycles. The summed E-state index contributed by atoms with van der Waals surface area (Å²) in [7, 11) is -9.34. The molecule has 10 nitrogen and oxygen atoms in total. The molecule has 0 saturated carbocycles. The standard InChI is InChI=1S/C41H34Cl4F6N4O6S4/c42-22-12-14-30(28(44)18-22)54-36-24(8-4-6-20-16-32(62-38(20)36)64(56,57)58)34(52-54)26(40(46,47)48)10-2-1-3-11-27(41(49,50)51)35-25-9-5-7-21-17-33(65(59,60)61)63-39(21)37(25)55(53-35)31-15-13-23(43)19-29(31)45/h12-19,26-27H,1-11H2,(H,56,57,58)(H,59,60,61). The number of halogens is 10. The minimum Gasteiger partial charge on any atom is -0.281 e. The van der Waals surface area contributed by atoms with Crippen LogP contribution in [0, 0.1) is 0 Å². The van der Waals surface area contributed by atoms with Crippen molar-refractivity contribution in [2.24, 2.45) is 0 Å². The average molecular weight is 1060 g/mol. The van der Waals surface area contributed by atoms with Crippen LogP contribution in [0.5, 0.6) is 0 Å². The lowest BCUT2D eigenvalue weighted by atomic mass is 9.90. The normalized spacial score (nSPS) is 15.4. The van der Waals surface area contributed by atoms with Crippen LogP contribution in [0.25, 0.3) is 32.5 Å². The lowest BCUT2D eigenvalue weighted by Crippen LogP contribution is -2.23. The summed E-state index contributed by atoms with van der Waals surface area (Å²) in [6, 6.07) is 11.2. The largest absolute Gasteiger partial charge is 0.397 e. The van der Waals surface area contributed by atoms with Crippen LogP contribution >= 0.6 is 69.1 Å². The highest BCUT2D eigenvalue weighted by Gasteiger charge is 2.47. The van der Waals surface area contributed by atoms with Gasteiger partial charge in [-0.05, 0) is 111 Å². The highest BCUT2D eigenvalue weighted by atomic mass is 35.5. The first kappa shape index (κ1) is 48.3. The Hall–Kier alpha value is -3.18. The third kappa shape index (κ3) is 9.76. The summed E-state index contributed by atoms with van der Waals surface area (Å²) in [5.41, 5.74) is 1.40. The Labute approximate surface area is 396 Å². The van der Waals surface area contributed by atoms with Gasteiger partial charge in [-0.1, -0.05) is 65.7 Å². The molecule has 24 heteroatoms. The van der Waals surface area contributed by atoms with Crippen molar-refractivity contribution in [2.75, 3.05) is 0 Å². The second-order valence-electron chi connectivity index (χ2n) is 15.8. The third-order valence-corrected chi connectivity index (χ3v) is 17.5. The van der Waals surface area contributed by atoms with Gasteiger partial charge in [0.2, 0.25) is 0 Å². The molecule has 8 rings (SSSR count). The SMILES string of the molecule is O=S(=O)(O)c1cc2c(s1)-c1c(c(C(CCCCCC(c3nn(-c4ccc(Cl)cc4Cl)c4c3CCCc3cc(S(=O)(=O)O)sc3-4)C(F)(F)F)C(F)(F)F)nn1-c1ccc(Cl)cc1Cl)CCC2. The molecule has 6 aromatic rings. The van der Waals surface area contributed by atoms with E-state index in [2.05, 4.69) is 10.2 Å². The van der Waals surface area contributed by atoms with E-state index in [1.54, 1.807) is 0 Å². The quantitative estimate of drug-likeness (QED) is 0.0700. The number of hydrogen-bond donors (Lipinski definition) is 2. The molecule has 2 unspecified atom stereocenters. The maximum Gasteiger partial charge on any atom is 0.397 e. The molecule has 2 aliphatic carbocycles. The van der Waals surface area contributed by atoms with E-state index in [1.165, 1.54) is 57.9 Å². The zero-order chi connectivity index (χ0) is 47.0. The van der Waals surface area contributed by atoms with Gasteiger partial charge < -0.3 is 0 Å². The number of thiophene rings is 2. The molecule has 0 amide bonds. The third-order valence-electron chi connectivity index (χ3n) is 11.5. The maximum absolute atomic E-state index is 15.2. The van der Waals surface area contributed by atoms with Crippen molar-refractivity contribution in [3.63, 3.8) is 0 Å². The Morgan fingerprint density at radius 3 is 1.32 bits per heavy atom. The summed E-state index contributed by atoms with van der Waals surface area (Å²) in [6.07, 6.45) is -9.70. The van der Waals surface area contributed by atoms with E-state index in [-0.39, 0.29) is 110 Å². The fourth-order valence-electron chi connectivity index (χ4n) is 8.64. The van der Waals surface area contributed by atoms with Gasteiger partial charge in [0.15, 0.2) is 0 Å². The number of nitrogens with zero attached hydrogens (tertiary/aromatic N) is 4. The first-order valence-electron chi connectivity index (χ1n) is 19.9. The number of hydrogen-bond acceptors (Lipinski definition) is 8. The van der Waals surface area contributed by atoms with E-state index in [9.17, 15) is 25.9 Å². The molecule has 2 N–H and O–H groups in total. The van der Waals surface area contributed by atoms with E-state index >= 15 is 26.3 Å². The summed E-state index contributed by atoms with van der Waals surface area (Å²) in [5, 5.41) is 9.55. The van der Waals surface area contributed by atoms with Gasteiger partial charge >= 0.3 is 32.6 Å². The Bertz CT molecular complexity index is 2850. The lowest BCUT2D eigenvalue weighted by molar-refractivity contribution is -0.153. The molecule has 348 valence electrons. The van der Waals surface area contributed by atoms with Gasteiger partial charge in [-0.15, -0.1) is 22.7 Å². The number of alkyl halides is 6. The first-order valence-corrected chi connectivity index (χ1v) is 25.9. The highest BCUT2D eigenvalue weighted by Crippen LogP contribution is 2.50. The molecule has 0 radical (unpaired) electrons. The summed E-state index contributed by atoms with van der Waals surface area (Å²) in [4.78, 5) is 0.587. The van der Waals surface area contributed by atoms with Gasteiger partial charge in [0.25, 0.3) is 0 Å². The Morgan fingerprint density at radius 1 is 0.600 bits per heavy atom. The summed E-state index contributed by atoms with van der Waals surface area (Å²) in [6.45, 7) is 0. The zero-order valence-corrected chi connectivity index (χ0v) is 39.6. The molecule has 4 aromatic heterocycles. The van der Waals surface area contributed by atoms with Crippen molar-refractivity contribution in [2.45, 2.75) is 103 Å². The van der Waals surface area contributed by atoms with Gasteiger partial charge in [-0.3, -0.25) is 9.11 Å². The summed E-state index contributed by atoms with van der Waals surface area (Å²) >= 11 is 26.8. The van der Waals surface area contributed by atoms with Crippen LogP contribution in [0.4, 0.5) is 26.3 Å². The molecule has 0 saturated heterocycles. The van der Waals surface area contributed by atoms with Crippen LogP contribution in [-0.4, -0.2) is 57.9 Å². The number of unbranched alkanes of at least 4 members (excludes halogenated alkanes) is 2. The fourth-order valence-corrected chi connectivity index (χ4v) is 13.5. The van der Waals surface area contributed by atoms with Crippen LogP contribution < -0.4 is 0 Å². The van der Waals surface area contributed by atoms with Crippen LogP contribution in [-0.2, 0) is 45.9 Å². The molecule has 2 aliphatic rings. The maximum atomic E-state index is 15.2. The van der Waals surface area contributed by atoms with Crippen LogP contribution in [0.3, 0.4) is 0 Å². The molecule has 0 spiro atoms. The van der Waals surface area contributed by atoms with Gasteiger partial charge in [-0.2, -0.15) is 53.4 Å². The molecule has 0 aliphatic heterocycles. The van der Waals surface area contributed by atoms with Crippen LogP contribution in [0.15, 0.2) is 56.9 Å². The number of fused-ring (bicyclic) bond motifs is 6. The van der Waals surface area contributed by atoms with Crippen LogP contribution in [0.2, 0.25) is 20.1 Å². The van der Waals surface area contributed by atoms with Gasteiger partial charge in [0, 0.05) is 21.2 Å². The molecular weight excluding hydrogens is 1030 g/mol. The van der Waals surface area contributed by atoms with Crippen molar-refractivity contribution >= 4 is 89.3 Å². The smallest absolute Gasteiger partial charge is 0.281 e. The predicted octanol–water partition coefficient (Wildman–Crippen LogP) is 13.5. The van der Waals surface area contributed by atoms with Gasteiger partial charge in [0.1, 0.15) is 8.42 Å². The Balaban J connectivity index is 1.12. The zero-order valence-electron chi connectivity index (χ0n) is 33.3. The number of aromatic nitrogens is 4. The van der Waals surface area contributed by atoms with Crippen molar-refractivity contribution < 1.29 is 52.3 Å². The van der Waals surface area contributed by atoms with Crippen molar-refractivity contribution in [1.29, 1.82) is 0 Å². The Morgan fingerprint density at radius 2 is 0.985 bits per heavy atom. The van der Waals surface area contributed by atoms with E-state index in [0.717, 1.165) is 0 Å². The lowest BCUT2D eigenvalue weighted by Gasteiger charge is -2.21. The van der Waals surface area contributed by atoms with Crippen molar-refractivity contribution in [1.82, 2.24) is 19.6 Å². The number of aryl methyl sites for hydroxylation is 2. The topological polar surface area (TPSA) is 144 Å². The minimum absolute atomic E-state index is 0.0451. The summed E-state index contributed by atoms with van der Waals surface area (Å²) in [5.74, 6) is -4.35. The fraction of sp³-hybridized carbons (Fsp3) is 0.366. The van der Waals surface area contributed by atoms with E-state index in [1.807, 2.05) is 0 Å². The molecular formula is C41H34Cl4F6N4O6S4. The number of rotatable bonds is 12. The predicted molar refractivity (Wildman–Crippen MR) is 238 cm³/mol. The highest BCUT2D eigenvalue weighted by molar-refractivity contribution is 7.88. The second kappa shape index (κ2) is 18.0. The Kier molecular flexibility index (Phi) is 13.4. The van der Waals surface area contributed by atoms with Crippen molar-refractivity contribution in [3.8, 4) is 32.5 Å². The van der Waals surface area contributed by atoms with Gasteiger partial charge in [0.05, 0.1) is 65.8 Å². The van der Waals surface area contributed by atoms with Crippen molar-refractivity contribution in [3.05, 3.63) is 102 Å². The van der Waals surface area contributed by atoms with Crippen LogP contribution in [0.1, 0.15) is 90.4 Å². The van der Waals surface area contributed by atoms with E-state index in [0.29, 0.717) is 56.4 Å². The number of benzene rings is 2. The second-order valence-corrected chi connectivity index (χ2v) is 22.9. The molecule has 0 bridgehead atoms. The summed E-state index contributed by atoms with van der Waals surface area (Å²) < 4.78 is 161. The average Bonchev–Trinajstić information content (AvgIpc) is 3.93. The first-order chi connectivity index (χ1) is 30.4. The molecule has 65 heavy (non-hydrogen) atoms. The van der Waals surface area contributed by atoms with E-state index in [4.69, 9.17) is 46.4 Å². The molecule has 2 aromatic carbocycles. The monoisotopic (exact) mass is 1060 g/mol.